The fourth-order valence-electron chi connectivity index (χ4n) is 2.76. The molecule has 4 heteroatoms. The van der Waals surface area contributed by atoms with E-state index in [-0.39, 0.29) is 5.91 Å². The summed E-state index contributed by atoms with van der Waals surface area (Å²) < 4.78 is 1.08. The minimum absolute atomic E-state index is 0.189. The number of halogens is 1. The van der Waals surface area contributed by atoms with Gasteiger partial charge in [-0.05, 0) is 67.0 Å². The van der Waals surface area contributed by atoms with Crippen molar-refractivity contribution < 1.29 is 4.79 Å². The molecule has 0 spiro atoms. The van der Waals surface area contributed by atoms with Crippen molar-refractivity contribution in [2.24, 2.45) is 0 Å². The molecule has 1 saturated heterocycles. The van der Waals surface area contributed by atoms with Crippen molar-refractivity contribution in [3.05, 3.63) is 32.9 Å². The summed E-state index contributed by atoms with van der Waals surface area (Å²) >= 11 is 2.29. The Morgan fingerprint density at radius 1 is 1.50 bits per heavy atom. The van der Waals surface area contributed by atoms with Crippen LogP contribution in [-0.4, -0.2) is 36.5 Å². The number of nitrogens with zero attached hydrogens (tertiary/aromatic N) is 1. The molecular weight excluding hydrogens is 363 g/mol. The highest BCUT2D eigenvalue weighted by atomic mass is 127. The lowest BCUT2D eigenvalue weighted by Gasteiger charge is -2.35. The molecule has 20 heavy (non-hydrogen) atoms. The van der Waals surface area contributed by atoms with Crippen molar-refractivity contribution in [3.63, 3.8) is 0 Å². The van der Waals surface area contributed by atoms with E-state index in [0.717, 1.165) is 48.0 Å². The van der Waals surface area contributed by atoms with Gasteiger partial charge < -0.3 is 10.2 Å². The minimum Gasteiger partial charge on any atom is -0.334 e. The molecule has 1 heterocycles. The number of carbonyl (C=O) groups excluding carboxylic acids is 1. The second-order valence-electron chi connectivity index (χ2n) is 5.44. The van der Waals surface area contributed by atoms with Gasteiger partial charge in [0.05, 0.1) is 5.56 Å². The summed E-state index contributed by atoms with van der Waals surface area (Å²) in [4.78, 5) is 15.0. The van der Waals surface area contributed by atoms with E-state index in [1.807, 2.05) is 12.1 Å². The standard InChI is InChI=1S/C16H23IN2O/c1-3-10-19(13-7-5-9-18-11-13)16(20)14-8-4-6-12(2)15(14)17/h4,6,8,13,18H,3,5,7,9-11H2,1-2H3. The largest absolute Gasteiger partial charge is 0.334 e. The van der Waals surface area contributed by atoms with Gasteiger partial charge in [0.1, 0.15) is 0 Å². The molecule has 1 unspecified atom stereocenters. The highest BCUT2D eigenvalue weighted by molar-refractivity contribution is 14.1. The third kappa shape index (κ3) is 3.52. The van der Waals surface area contributed by atoms with E-state index >= 15 is 0 Å². The van der Waals surface area contributed by atoms with Crippen LogP contribution in [0, 0.1) is 10.5 Å². The number of benzene rings is 1. The van der Waals surface area contributed by atoms with Gasteiger partial charge in [-0.15, -0.1) is 0 Å². The molecule has 3 nitrogen and oxygen atoms in total. The third-order valence-electron chi connectivity index (χ3n) is 3.86. The molecule has 0 radical (unpaired) electrons. The fourth-order valence-corrected chi connectivity index (χ4v) is 3.35. The molecule has 1 aromatic carbocycles. The van der Waals surface area contributed by atoms with E-state index in [0.29, 0.717) is 6.04 Å². The van der Waals surface area contributed by atoms with Crippen LogP contribution < -0.4 is 5.32 Å². The summed E-state index contributed by atoms with van der Waals surface area (Å²) in [6, 6.07) is 6.34. The van der Waals surface area contributed by atoms with Gasteiger partial charge >= 0.3 is 0 Å². The van der Waals surface area contributed by atoms with Crippen molar-refractivity contribution in [2.75, 3.05) is 19.6 Å². The van der Waals surface area contributed by atoms with Gasteiger partial charge in [-0.2, -0.15) is 0 Å². The van der Waals surface area contributed by atoms with Crippen molar-refractivity contribution in [3.8, 4) is 0 Å². The fraction of sp³-hybridized carbons (Fsp3) is 0.562. The summed E-state index contributed by atoms with van der Waals surface area (Å²) in [5.74, 6) is 0.189. The van der Waals surface area contributed by atoms with Crippen LogP contribution in [0.4, 0.5) is 0 Å². The highest BCUT2D eigenvalue weighted by Crippen LogP contribution is 2.21. The number of piperidine rings is 1. The molecule has 1 aromatic rings. The lowest BCUT2D eigenvalue weighted by Crippen LogP contribution is -2.49. The molecule has 1 aliphatic heterocycles. The third-order valence-corrected chi connectivity index (χ3v) is 5.29. The normalized spacial score (nSPS) is 18.9. The molecule has 1 atom stereocenters. The maximum Gasteiger partial charge on any atom is 0.255 e. The van der Waals surface area contributed by atoms with Crippen LogP contribution in [0.1, 0.15) is 42.1 Å². The zero-order valence-corrected chi connectivity index (χ0v) is 14.4. The van der Waals surface area contributed by atoms with E-state index in [1.54, 1.807) is 0 Å². The number of carbonyl (C=O) groups is 1. The number of rotatable bonds is 4. The summed E-state index contributed by atoms with van der Waals surface area (Å²) in [5.41, 5.74) is 2.03. The molecular formula is C16H23IN2O. The Balaban J connectivity index is 2.23. The van der Waals surface area contributed by atoms with Gasteiger partial charge in [-0.3, -0.25) is 4.79 Å². The Kier molecular flexibility index (Phi) is 5.84. The van der Waals surface area contributed by atoms with Crippen LogP contribution in [0.3, 0.4) is 0 Å². The first-order valence-corrected chi connectivity index (χ1v) is 8.49. The van der Waals surface area contributed by atoms with Gasteiger partial charge in [0.15, 0.2) is 0 Å². The van der Waals surface area contributed by atoms with E-state index in [1.165, 1.54) is 5.56 Å². The number of nitrogens with one attached hydrogen (secondary N) is 1. The quantitative estimate of drug-likeness (QED) is 0.807. The average molecular weight is 386 g/mol. The lowest BCUT2D eigenvalue weighted by molar-refractivity contribution is 0.0647. The predicted molar refractivity (Wildman–Crippen MR) is 91.1 cm³/mol. The van der Waals surface area contributed by atoms with Crippen LogP contribution in [0.25, 0.3) is 0 Å². The van der Waals surface area contributed by atoms with Gasteiger partial charge in [-0.25, -0.2) is 0 Å². The second-order valence-corrected chi connectivity index (χ2v) is 6.51. The van der Waals surface area contributed by atoms with Gasteiger partial charge in [0.25, 0.3) is 5.91 Å². The molecule has 1 aliphatic rings. The van der Waals surface area contributed by atoms with Gasteiger partial charge in [-0.1, -0.05) is 19.1 Å². The van der Waals surface area contributed by atoms with Crippen LogP contribution in [0.2, 0.25) is 0 Å². The van der Waals surface area contributed by atoms with E-state index in [9.17, 15) is 4.79 Å². The maximum atomic E-state index is 12.9. The first-order valence-electron chi connectivity index (χ1n) is 7.42. The Morgan fingerprint density at radius 2 is 2.30 bits per heavy atom. The summed E-state index contributed by atoms with van der Waals surface area (Å²) in [6.07, 6.45) is 3.27. The number of hydrogen-bond acceptors (Lipinski definition) is 2. The summed E-state index contributed by atoms with van der Waals surface area (Å²) in [6.45, 7) is 7.04. The van der Waals surface area contributed by atoms with Gasteiger partial charge in [0.2, 0.25) is 0 Å². The monoisotopic (exact) mass is 386 g/mol. The first kappa shape index (κ1) is 15.8. The van der Waals surface area contributed by atoms with Gasteiger partial charge in [0, 0.05) is 22.7 Å². The van der Waals surface area contributed by atoms with E-state index < -0.39 is 0 Å². The Bertz CT molecular complexity index is 470. The summed E-state index contributed by atoms with van der Waals surface area (Å²) in [7, 11) is 0. The molecule has 1 fully saturated rings. The number of hydrogen-bond donors (Lipinski definition) is 1. The molecule has 110 valence electrons. The van der Waals surface area contributed by atoms with Crippen LogP contribution in [-0.2, 0) is 0 Å². The van der Waals surface area contributed by atoms with Crippen LogP contribution >= 0.6 is 22.6 Å². The first-order chi connectivity index (χ1) is 9.65. The minimum atomic E-state index is 0.189. The molecule has 0 aliphatic carbocycles. The lowest BCUT2D eigenvalue weighted by atomic mass is 10.0. The zero-order chi connectivity index (χ0) is 14.5. The Morgan fingerprint density at radius 3 is 2.95 bits per heavy atom. The zero-order valence-electron chi connectivity index (χ0n) is 12.3. The SMILES string of the molecule is CCCN(C(=O)c1cccc(C)c1I)C1CCCNC1. The van der Waals surface area contributed by atoms with Crippen molar-refractivity contribution in [1.82, 2.24) is 10.2 Å². The van der Waals surface area contributed by atoms with E-state index in [4.69, 9.17) is 0 Å². The smallest absolute Gasteiger partial charge is 0.255 e. The average Bonchev–Trinajstić information content (AvgIpc) is 2.48. The number of aryl methyl sites for hydroxylation is 1. The molecule has 0 aromatic heterocycles. The number of amides is 1. The van der Waals surface area contributed by atoms with Crippen molar-refractivity contribution >= 4 is 28.5 Å². The maximum absolute atomic E-state index is 12.9. The molecule has 2 rings (SSSR count). The van der Waals surface area contributed by atoms with Crippen LogP contribution in [0.5, 0.6) is 0 Å². The molecule has 0 saturated carbocycles. The summed E-state index contributed by atoms with van der Waals surface area (Å²) in [5, 5.41) is 3.41. The molecule has 1 amide bonds. The topological polar surface area (TPSA) is 32.3 Å². The molecule has 1 N–H and O–H groups in total. The van der Waals surface area contributed by atoms with E-state index in [2.05, 4.69) is 52.7 Å². The van der Waals surface area contributed by atoms with Crippen LogP contribution in [0.15, 0.2) is 18.2 Å². The molecule has 0 bridgehead atoms. The van der Waals surface area contributed by atoms with Crippen molar-refractivity contribution in [1.29, 1.82) is 0 Å². The highest BCUT2D eigenvalue weighted by Gasteiger charge is 2.26. The second kappa shape index (κ2) is 7.41. The Hall–Kier alpha value is -0.620. The van der Waals surface area contributed by atoms with Crippen molar-refractivity contribution in [2.45, 2.75) is 39.2 Å². The predicted octanol–water partition coefficient (Wildman–Crippen LogP) is 3.20. The Labute approximate surface area is 135 Å².